The van der Waals surface area contributed by atoms with Crippen molar-refractivity contribution in [1.29, 1.82) is 5.26 Å². The lowest BCUT2D eigenvalue weighted by atomic mass is 9.96. The van der Waals surface area contributed by atoms with E-state index in [1.165, 1.54) is 31.5 Å². The molecule has 1 N–H and O–H groups in total. The molecule has 2 aliphatic rings. The molecule has 0 bridgehead atoms. The normalized spacial score (nSPS) is 15.6. The summed E-state index contributed by atoms with van der Waals surface area (Å²) >= 11 is 0. The van der Waals surface area contributed by atoms with E-state index in [9.17, 15) is 5.26 Å². The maximum Gasteiger partial charge on any atom is 0.145 e. The summed E-state index contributed by atoms with van der Waals surface area (Å²) in [6.45, 7) is 7.23. The highest BCUT2D eigenvalue weighted by molar-refractivity contribution is 5.86. The number of hydrogen-bond donors (Lipinski definition) is 1. The first-order valence-electron chi connectivity index (χ1n) is 13.4. The van der Waals surface area contributed by atoms with Crippen molar-refractivity contribution >= 4 is 5.52 Å². The van der Waals surface area contributed by atoms with Crippen LogP contribution in [0.5, 0.6) is 5.75 Å². The zero-order valence-electron chi connectivity index (χ0n) is 22.0. The largest absolute Gasteiger partial charge is 0.494 e. The van der Waals surface area contributed by atoms with E-state index in [1.807, 2.05) is 36.8 Å². The summed E-state index contributed by atoms with van der Waals surface area (Å²) in [5.41, 5.74) is 7.09. The van der Waals surface area contributed by atoms with Gasteiger partial charge >= 0.3 is 0 Å². The van der Waals surface area contributed by atoms with Gasteiger partial charge in [0.05, 0.1) is 50.2 Å². The second kappa shape index (κ2) is 12.7. The first-order valence-corrected chi connectivity index (χ1v) is 13.4. The smallest absolute Gasteiger partial charge is 0.145 e. The van der Waals surface area contributed by atoms with Gasteiger partial charge in [0.25, 0.3) is 0 Å². The minimum Gasteiger partial charge on any atom is -0.494 e. The van der Waals surface area contributed by atoms with Crippen LogP contribution in [-0.2, 0) is 11.2 Å². The molecule has 2 aliphatic heterocycles. The summed E-state index contributed by atoms with van der Waals surface area (Å²) in [5, 5.41) is 12.4. The van der Waals surface area contributed by atoms with Gasteiger partial charge in [-0.05, 0) is 67.2 Å². The molecule has 0 amide bonds. The molecule has 2 aromatic carbocycles. The molecule has 0 saturated carbocycles. The van der Waals surface area contributed by atoms with Gasteiger partial charge < -0.3 is 14.8 Å². The highest BCUT2D eigenvalue weighted by Gasteiger charge is 2.17. The van der Waals surface area contributed by atoms with E-state index in [0.717, 1.165) is 72.9 Å². The molecule has 0 spiro atoms. The molecule has 2 saturated heterocycles. The Morgan fingerprint density at radius 2 is 1.71 bits per heavy atom. The third-order valence-corrected chi connectivity index (χ3v) is 7.21. The fourth-order valence-electron chi connectivity index (χ4n) is 5.03. The average molecular weight is 510 g/mol. The summed E-state index contributed by atoms with van der Waals surface area (Å²) < 4.78 is 13.2. The lowest BCUT2D eigenvalue weighted by molar-refractivity contribution is 0.0384. The summed E-state index contributed by atoms with van der Waals surface area (Å²) in [6, 6.07) is 20.7. The summed E-state index contributed by atoms with van der Waals surface area (Å²) in [7, 11) is 1.67. The molecule has 2 aromatic heterocycles. The van der Waals surface area contributed by atoms with Gasteiger partial charge in [-0.15, -0.1) is 0 Å². The van der Waals surface area contributed by atoms with E-state index in [4.69, 9.17) is 9.47 Å². The van der Waals surface area contributed by atoms with Crippen LogP contribution in [0.4, 0.5) is 0 Å². The molecule has 7 heteroatoms. The standard InChI is InChI=1S/C27H26N4O2.C4H9N/c1-32-26-16-24(22-6-4-21(17-28)5-7-22)27(31-19-29-18-25(26)31)23-8-2-20(3-9-23)10-11-30-12-14-33-15-13-30;1-2-4-5-3-1/h2-9,16,18-19H,10-15H2,1H3;5H,1-4H2. The quantitative estimate of drug-likeness (QED) is 0.403. The highest BCUT2D eigenvalue weighted by Crippen LogP contribution is 2.37. The Bertz CT molecular complexity index is 1360. The lowest BCUT2D eigenvalue weighted by Gasteiger charge is -2.26. The number of imidazole rings is 1. The molecular formula is C31H35N5O2. The Hall–Kier alpha value is -3.70. The Morgan fingerprint density at radius 3 is 2.34 bits per heavy atom. The van der Waals surface area contributed by atoms with Gasteiger partial charge in [0.15, 0.2) is 0 Å². The van der Waals surface area contributed by atoms with Crippen LogP contribution in [-0.4, -0.2) is 67.3 Å². The van der Waals surface area contributed by atoms with Crippen molar-refractivity contribution in [2.75, 3.05) is 53.0 Å². The molecule has 6 rings (SSSR count). The first-order chi connectivity index (χ1) is 18.8. The number of nitrogens with one attached hydrogen (secondary N) is 1. The van der Waals surface area contributed by atoms with Crippen LogP contribution in [0.3, 0.4) is 0 Å². The molecule has 0 atom stereocenters. The first kappa shape index (κ1) is 25.9. The number of nitrogens with zero attached hydrogens (tertiary/aromatic N) is 4. The fourth-order valence-corrected chi connectivity index (χ4v) is 5.03. The molecule has 4 aromatic rings. The highest BCUT2D eigenvalue weighted by atomic mass is 16.5. The Kier molecular flexibility index (Phi) is 8.67. The topological polar surface area (TPSA) is 74.8 Å². The van der Waals surface area contributed by atoms with Crippen molar-refractivity contribution in [3.8, 4) is 34.2 Å². The number of ether oxygens (including phenoxy) is 2. The molecule has 0 radical (unpaired) electrons. The van der Waals surface area contributed by atoms with Gasteiger partial charge in [-0.3, -0.25) is 9.30 Å². The van der Waals surface area contributed by atoms with E-state index in [-0.39, 0.29) is 0 Å². The van der Waals surface area contributed by atoms with Gasteiger partial charge in [-0.1, -0.05) is 36.4 Å². The summed E-state index contributed by atoms with van der Waals surface area (Å²) in [5.74, 6) is 0.762. The molecule has 2 fully saturated rings. The molecule has 38 heavy (non-hydrogen) atoms. The lowest BCUT2D eigenvalue weighted by Crippen LogP contribution is -2.37. The molecule has 0 aliphatic carbocycles. The Morgan fingerprint density at radius 1 is 1.00 bits per heavy atom. The number of methoxy groups -OCH3 is 1. The number of hydrogen-bond acceptors (Lipinski definition) is 6. The number of rotatable bonds is 6. The van der Waals surface area contributed by atoms with Crippen molar-refractivity contribution in [2.45, 2.75) is 19.3 Å². The van der Waals surface area contributed by atoms with Crippen molar-refractivity contribution in [3.63, 3.8) is 0 Å². The maximum atomic E-state index is 9.19. The van der Waals surface area contributed by atoms with Gasteiger partial charge in [0.2, 0.25) is 0 Å². The van der Waals surface area contributed by atoms with Crippen molar-refractivity contribution < 1.29 is 9.47 Å². The molecule has 0 unspecified atom stereocenters. The second-order valence-electron chi connectivity index (χ2n) is 9.67. The minimum atomic E-state index is 0.639. The van der Waals surface area contributed by atoms with E-state index in [1.54, 1.807) is 7.11 Å². The monoisotopic (exact) mass is 509 g/mol. The second-order valence-corrected chi connectivity index (χ2v) is 9.67. The predicted octanol–water partition coefficient (Wildman–Crippen LogP) is 4.79. The molecule has 4 heterocycles. The Labute approximate surface area is 224 Å². The van der Waals surface area contributed by atoms with Crippen LogP contribution in [0, 0.1) is 11.3 Å². The third-order valence-electron chi connectivity index (χ3n) is 7.21. The van der Waals surface area contributed by atoms with Crippen LogP contribution < -0.4 is 10.1 Å². The predicted molar refractivity (Wildman–Crippen MR) is 150 cm³/mol. The van der Waals surface area contributed by atoms with E-state index < -0.39 is 0 Å². The number of pyridine rings is 1. The molecule has 196 valence electrons. The number of fused-ring (bicyclic) bond motifs is 1. The van der Waals surface area contributed by atoms with Crippen molar-refractivity contribution in [1.82, 2.24) is 19.6 Å². The number of benzene rings is 2. The van der Waals surface area contributed by atoms with Crippen LogP contribution in [0.1, 0.15) is 24.0 Å². The van der Waals surface area contributed by atoms with Crippen LogP contribution in [0.25, 0.3) is 27.9 Å². The summed E-state index contributed by atoms with van der Waals surface area (Å²) in [4.78, 5) is 6.84. The Balaban J connectivity index is 0.000000529. The summed E-state index contributed by atoms with van der Waals surface area (Å²) in [6.07, 6.45) is 7.44. The zero-order chi connectivity index (χ0) is 26.2. The molecular weight excluding hydrogens is 474 g/mol. The van der Waals surface area contributed by atoms with Crippen molar-refractivity contribution in [3.05, 3.63) is 78.2 Å². The van der Waals surface area contributed by atoms with Crippen LogP contribution in [0.15, 0.2) is 67.1 Å². The van der Waals surface area contributed by atoms with Crippen molar-refractivity contribution in [2.24, 2.45) is 0 Å². The van der Waals surface area contributed by atoms with Crippen LogP contribution in [0.2, 0.25) is 0 Å². The maximum absolute atomic E-state index is 9.19. The van der Waals surface area contributed by atoms with Crippen LogP contribution >= 0.6 is 0 Å². The molecule has 7 nitrogen and oxygen atoms in total. The van der Waals surface area contributed by atoms with E-state index in [0.29, 0.717) is 5.56 Å². The minimum absolute atomic E-state index is 0.639. The SMILES string of the molecule is C1CCNC1.COc1cc(-c2ccc(C#N)cc2)c(-c2ccc(CCN3CCOCC3)cc2)n2cncc12. The van der Waals surface area contributed by atoms with Gasteiger partial charge in [-0.25, -0.2) is 4.98 Å². The fraction of sp³-hybridized carbons (Fsp3) is 0.355. The average Bonchev–Trinajstić information content (AvgIpc) is 3.72. The third kappa shape index (κ3) is 6.05. The number of nitriles is 1. The zero-order valence-corrected chi connectivity index (χ0v) is 22.0. The van der Waals surface area contributed by atoms with Gasteiger partial charge in [0, 0.05) is 25.2 Å². The van der Waals surface area contributed by atoms with E-state index >= 15 is 0 Å². The number of morpholine rings is 1. The van der Waals surface area contributed by atoms with Gasteiger partial charge in [0.1, 0.15) is 11.3 Å². The van der Waals surface area contributed by atoms with Gasteiger partial charge in [-0.2, -0.15) is 5.26 Å². The number of aromatic nitrogens is 2. The van der Waals surface area contributed by atoms with E-state index in [2.05, 4.69) is 56.0 Å².